The van der Waals surface area contributed by atoms with Gasteiger partial charge < -0.3 is 14.6 Å². The van der Waals surface area contributed by atoms with E-state index in [4.69, 9.17) is 5.11 Å². The Hall–Kier alpha value is -2.06. The molecule has 0 aliphatic carbocycles. The molecular weight excluding hydrogens is 279 g/mol. The SMILES string of the molecule is Cn1cnc(C(=O)N2CCC(C(=O)O)(C(F)(F)F)C2)c1. The summed E-state index contributed by atoms with van der Waals surface area (Å²) in [6, 6.07) is 0. The predicted molar refractivity (Wildman–Crippen MR) is 59.9 cm³/mol. The molecule has 1 aromatic rings. The van der Waals surface area contributed by atoms with E-state index in [0.29, 0.717) is 0 Å². The first-order valence-corrected chi connectivity index (χ1v) is 5.75. The lowest BCUT2D eigenvalue weighted by atomic mass is 9.86. The lowest BCUT2D eigenvalue weighted by Crippen LogP contribution is -2.47. The average Bonchev–Trinajstić information content (AvgIpc) is 2.93. The first-order valence-electron chi connectivity index (χ1n) is 5.75. The zero-order valence-corrected chi connectivity index (χ0v) is 10.5. The van der Waals surface area contributed by atoms with Crippen LogP contribution in [0.2, 0.25) is 0 Å². The van der Waals surface area contributed by atoms with Crippen LogP contribution in [0.15, 0.2) is 12.5 Å². The number of aromatic nitrogens is 2. The van der Waals surface area contributed by atoms with Gasteiger partial charge in [0.15, 0.2) is 5.41 Å². The lowest BCUT2D eigenvalue weighted by Gasteiger charge is -2.27. The number of likely N-dealkylation sites (tertiary alicyclic amines) is 1. The van der Waals surface area contributed by atoms with Crippen molar-refractivity contribution in [1.82, 2.24) is 14.5 Å². The van der Waals surface area contributed by atoms with Crippen molar-refractivity contribution in [3.63, 3.8) is 0 Å². The van der Waals surface area contributed by atoms with Crippen molar-refractivity contribution in [1.29, 1.82) is 0 Å². The van der Waals surface area contributed by atoms with Gasteiger partial charge in [-0.25, -0.2) is 4.98 Å². The second-order valence-electron chi connectivity index (χ2n) is 4.79. The summed E-state index contributed by atoms with van der Waals surface area (Å²) in [5, 5.41) is 8.90. The lowest BCUT2D eigenvalue weighted by molar-refractivity contribution is -0.227. The predicted octanol–water partition coefficient (Wildman–Crippen LogP) is 0.899. The molecule has 0 saturated carbocycles. The highest BCUT2D eigenvalue weighted by atomic mass is 19.4. The summed E-state index contributed by atoms with van der Waals surface area (Å²) >= 11 is 0. The van der Waals surface area contributed by atoms with Crippen LogP contribution in [0, 0.1) is 5.41 Å². The van der Waals surface area contributed by atoms with E-state index < -0.39 is 36.4 Å². The van der Waals surface area contributed by atoms with Crippen molar-refractivity contribution in [3.05, 3.63) is 18.2 Å². The van der Waals surface area contributed by atoms with Crippen LogP contribution in [0.4, 0.5) is 13.2 Å². The third kappa shape index (κ3) is 2.12. The Labute approximate surface area is 111 Å². The van der Waals surface area contributed by atoms with Gasteiger partial charge in [-0.3, -0.25) is 9.59 Å². The van der Waals surface area contributed by atoms with Gasteiger partial charge in [-0.05, 0) is 6.42 Å². The van der Waals surface area contributed by atoms with Crippen molar-refractivity contribution in [2.45, 2.75) is 12.6 Å². The molecular formula is C11H12F3N3O3. The highest BCUT2D eigenvalue weighted by molar-refractivity contribution is 5.93. The zero-order chi connectivity index (χ0) is 15.1. The van der Waals surface area contributed by atoms with Crippen molar-refractivity contribution >= 4 is 11.9 Å². The Morgan fingerprint density at radius 1 is 1.45 bits per heavy atom. The molecule has 20 heavy (non-hydrogen) atoms. The van der Waals surface area contributed by atoms with Crippen LogP contribution in [-0.2, 0) is 11.8 Å². The molecule has 0 bridgehead atoms. The number of alkyl halides is 3. The maximum atomic E-state index is 13.0. The third-order valence-electron chi connectivity index (χ3n) is 3.43. The van der Waals surface area contributed by atoms with Crippen molar-refractivity contribution in [2.24, 2.45) is 12.5 Å². The van der Waals surface area contributed by atoms with E-state index in [9.17, 15) is 22.8 Å². The van der Waals surface area contributed by atoms with Crippen LogP contribution in [0.25, 0.3) is 0 Å². The maximum absolute atomic E-state index is 13.0. The Kier molecular flexibility index (Phi) is 3.23. The number of aliphatic carboxylic acids is 1. The van der Waals surface area contributed by atoms with E-state index in [1.54, 1.807) is 7.05 Å². The van der Waals surface area contributed by atoms with Gasteiger partial charge >= 0.3 is 12.1 Å². The van der Waals surface area contributed by atoms with Crippen LogP contribution in [0.1, 0.15) is 16.9 Å². The van der Waals surface area contributed by atoms with Gasteiger partial charge in [0.2, 0.25) is 0 Å². The molecule has 1 N–H and O–H groups in total. The molecule has 2 rings (SSSR count). The number of carboxylic acids is 1. The first kappa shape index (κ1) is 14.4. The quantitative estimate of drug-likeness (QED) is 0.878. The summed E-state index contributed by atoms with van der Waals surface area (Å²) < 4.78 is 40.4. The van der Waals surface area contributed by atoms with Gasteiger partial charge in [-0.1, -0.05) is 0 Å². The molecule has 1 aliphatic heterocycles. The molecule has 0 aromatic carbocycles. The number of hydrogen-bond donors (Lipinski definition) is 1. The molecule has 1 fully saturated rings. The molecule has 1 atom stereocenters. The molecule has 1 aromatic heterocycles. The zero-order valence-electron chi connectivity index (χ0n) is 10.5. The minimum Gasteiger partial charge on any atom is -0.481 e. The average molecular weight is 291 g/mol. The molecule has 1 unspecified atom stereocenters. The van der Waals surface area contributed by atoms with Gasteiger partial charge in [-0.15, -0.1) is 0 Å². The smallest absolute Gasteiger partial charge is 0.406 e. The fourth-order valence-corrected chi connectivity index (χ4v) is 2.20. The van der Waals surface area contributed by atoms with Gasteiger partial charge in [0.25, 0.3) is 5.91 Å². The topological polar surface area (TPSA) is 75.4 Å². The molecule has 6 nitrogen and oxygen atoms in total. The number of carboxylic acid groups (broad SMARTS) is 1. The number of rotatable bonds is 2. The van der Waals surface area contributed by atoms with E-state index in [2.05, 4.69) is 4.98 Å². The number of hydrogen-bond acceptors (Lipinski definition) is 3. The number of nitrogens with zero attached hydrogens (tertiary/aromatic N) is 3. The minimum atomic E-state index is -4.90. The van der Waals surface area contributed by atoms with E-state index >= 15 is 0 Å². The summed E-state index contributed by atoms with van der Waals surface area (Å²) in [5.74, 6) is -2.65. The fraction of sp³-hybridized carbons (Fsp3) is 0.545. The number of carbonyl (C=O) groups excluding carboxylic acids is 1. The Bertz CT molecular complexity index is 555. The summed E-state index contributed by atoms with van der Waals surface area (Å²) in [7, 11) is 1.62. The van der Waals surface area contributed by atoms with Crippen LogP contribution in [-0.4, -0.2) is 50.7 Å². The van der Waals surface area contributed by atoms with Crippen molar-refractivity contribution in [2.75, 3.05) is 13.1 Å². The Morgan fingerprint density at radius 2 is 2.10 bits per heavy atom. The summed E-state index contributed by atoms with van der Waals surface area (Å²) in [6.07, 6.45) is -2.84. The van der Waals surface area contributed by atoms with Crippen LogP contribution >= 0.6 is 0 Å². The highest BCUT2D eigenvalue weighted by Crippen LogP contribution is 2.45. The van der Waals surface area contributed by atoms with Gasteiger partial charge in [0, 0.05) is 26.3 Å². The normalized spacial score (nSPS) is 23.1. The minimum absolute atomic E-state index is 0.00383. The maximum Gasteiger partial charge on any atom is 0.406 e. The van der Waals surface area contributed by atoms with E-state index in [1.165, 1.54) is 17.1 Å². The second-order valence-corrected chi connectivity index (χ2v) is 4.79. The fourth-order valence-electron chi connectivity index (χ4n) is 2.20. The number of halogens is 3. The van der Waals surface area contributed by atoms with Crippen LogP contribution in [0.3, 0.4) is 0 Å². The monoisotopic (exact) mass is 291 g/mol. The van der Waals surface area contributed by atoms with Crippen LogP contribution < -0.4 is 0 Å². The molecule has 2 heterocycles. The van der Waals surface area contributed by atoms with Crippen LogP contribution in [0.5, 0.6) is 0 Å². The van der Waals surface area contributed by atoms with Gasteiger partial charge in [-0.2, -0.15) is 13.2 Å². The third-order valence-corrected chi connectivity index (χ3v) is 3.43. The summed E-state index contributed by atoms with van der Waals surface area (Å²) in [5.41, 5.74) is -2.90. The molecule has 9 heteroatoms. The number of aryl methyl sites for hydroxylation is 1. The van der Waals surface area contributed by atoms with E-state index in [-0.39, 0.29) is 12.2 Å². The molecule has 1 amide bonds. The Balaban J connectivity index is 2.23. The molecule has 1 aliphatic rings. The molecule has 1 saturated heterocycles. The van der Waals surface area contributed by atoms with E-state index in [1.807, 2.05) is 0 Å². The van der Waals surface area contributed by atoms with E-state index in [0.717, 1.165) is 4.90 Å². The number of amides is 1. The number of carbonyl (C=O) groups is 2. The molecule has 110 valence electrons. The highest BCUT2D eigenvalue weighted by Gasteiger charge is 2.64. The standard InChI is InChI=1S/C11H12F3N3O3/c1-16-4-7(15-6-16)8(18)17-3-2-10(5-17,9(19)20)11(12,13)14/h4,6H,2-3,5H2,1H3,(H,19,20). The Morgan fingerprint density at radius 3 is 2.50 bits per heavy atom. The van der Waals surface area contributed by atoms with Gasteiger partial charge in [0.1, 0.15) is 5.69 Å². The van der Waals surface area contributed by atoms with Gasteiger partial charge in [0.05, 0.1) is 6.33 Å². The largest absolute Gasteiger partial charge is 0.481 e. The number of imidazole rings is 1. The van der Waals surface area contributed by atoms with Crippen molar-refractivity contribution < 1.29 is 27.9 Å². The second kappa shape index (κ2) is 4.50. The molecule has 0 radical (unpaired) electrons. The molecule has 0 spiro atoms. The summed E-state index contributed by atoms with van der Waals surface area (Å²) in [6.45, 7) is -1.15. The first-order chi connectivity index (χ1) is 9.17. The summed E-state index contributed by atoms with van der Waals surface area (Å²) in [4.78, 5) is 27.6. The van der Waals surface area contributed by atoms with Crippen molar-refractivity contribution in [3.8, 4) is 0 Å².